The Morgan fingerprint density at radius 3 is 2.56 bits per heavy atom. The molecular formula is C19H22N4O4. The summed E-state index contributed by atoms with van der Waals surface area (Å²) in [4.78, 5) is 51.6. The van der Waals surface area contributed by atoms with Crippen molar-refractivity contribution < 1.29 is 19.2 Å². The predicted molar refractivity (Wildman–Crippen MR) is 97.6 cm³/mol. The van der Waals surface area contributed by atoms with Gasteiger partial charge in [-0.05, 0) is 24.6 Å². The molecule has 4 rings (SSSR count). The molecule has 142 valence electrons. The Morgan fingerprint density at radius 2 is 1.96 bits per heavy atom. The van der Waals surface area contributed by atoms with E-state index in [2.05, 4.69) is 15.5 Å². The fourth-order valence-electron chi connectivity index (χ4n) is 4.06. The van der Waals surface area contributed by atoms with Crippen molar-refractivity contribution in [1.82, 2.24) is 15.5 Å². The van der Waals surface area contributed by atoms with Crippen molar-refractivity contribution in [3.05, 3.63) is 29.3 Å². The minimum atomic E-state index is -0.938. The second kappa shape index (κ2) is 6.45. The van der Waals surface area contributed by atoms with E-state index in [-0.39, 0.29) is 18.7 Å². The molecule has 0 aromatic heterocycles. The van der Waals surface area contributed by atoms with Gasteiger partial charge < -0.3 is 20.3 Å². The van der Waals surface area contributed by atoms with Crippen molar-refractivity contribution in [3.8, 4) is 0 Å². The van der Waals surface area contributed by atoms with Crippen molar-refractivity contribution >= 4 is 29.7 Å². The highest BCUT2D eigenvalue weighted by Crippen LogP contribution is 2.39. The third-order valence-electron chi connectivity index (χ3n) is 5.75. The molecule has 2 fully saturated rings. The van der Waals surface area contributed by atoms with Gasteiger partial charge in [0.25, 0.3) is 11.8 Å². The molecule has 0 radical (unpaired) electrons. The average molecular weight is 370 g/mol. The number of rotatable bonds is 6. The van der Waals surface area contributed by atoms with Crippen molar-refractivity contribution in [2.24, 2.45) is 5.41 Å². The highest BCUT2D eigenvalue weighted by Gasteiger charge is 2.48. The van der Waals surface area contributed by atoms with Crippen LogP contribution in [0.3, 0.4) is 0 Å². The number of fused-ring (bicyclic) bond motifs is 1. The average Bonchev–Trinajstić information content (AvgIpc) is 2.84. The first-order valence-corrected chi connectivity index (χ1v) is 9.11. The quantitative estimate of drug-likeness (QED) is 0.531. The molecule has 1 spiro atoms. The molecule has 27 heavy (non-hydrogen) atoms. The maximum Gasteiger partial charge on any atom is 0.262 e. The summed E-state index contributed by atoms with van der Waals surface area (Å²) in [6.07, 6.45) is 0.750. The van der Waals surface area contributed by atoms with Crippen LogP contribution in [0.2, 0.25) is 0 Å². The van der Waals surface area contributed by atoms with Crippen LogP contribution in [0.15, 0.2) is 18.2 Å². The lowest BCUT2D eigenvalue weighted by Crippen LogP contribution is -2.71. The van der Waals surface area contributed by atoms with Crippen LogP contribution >= 0.6 is 0 Å². The molecule has 0 bridgehead atoms. The summed E-state index contributed by atoms with van der Waals surface area (Å²) < 4.78 is 0. The summed E-state index contributed by atoms with van der Waals surface area (Å²) >= 11 is 0. The van der Waals surface area contributed by atoms with Gasteiger partial charge in [0.2, 0.25) is 5.91 Å². The molecule has 8 heteroatoms. The zero-order chi connectivity index (χ0) is 19.2. The first-order valence-electron chi connectivity index (χ1n) is 9.11. The monoisotopic (exact) mass is 370 g/mol. The lowest BCUT2D eigenvalue weighted by Gasteiger charge is -2.57. The normalized spacial score (nSPS) is 20.8. The Kier molecular flexibility index (Phi) is 4.22. The Bertz CT molecular complexity index is 825. The maximum atomic E-state index is 12.8. The minimum Gasteiger partial charge on any atom is -0.370 e. The molecule has 1 atom stereocenters. The van der Waals surface area contributed by atoms with E-state index in [4.69, 9.17) is 0 Å². The van der Waals surface area contributed by atoms with E-state index in [0.717, 1.165) is 36.8 Å². The number of benzene rings is 1. The number of anilines is 1. The number of carbonyl (C=O) groups excluding carboxylic acids is 4. The minimum absolute atomic E-state index is 0.0719. The largest absolute Gasteiger partial charge is 0.370 e. The van der Waals surface area contributed by atoms with Gasteiger partial charge in [-0.1, -0.05) is 0 Å². The molecule has 0 aliphatic carbocycles. The van der Waals surface area contributed by atoms with Gasteiger partial charge in [-0.3, -0.25) is 19.3 Å². The van der Waals surface area contributed by atoms with Crippen LogP contribution in [-0.2, 0) is 9.59 Å². The van der Waals surface area contributed by atoms with E-state index in [1.807, 2.05) is 6.07 Å². The first-order chi connectivity index (χ1) is 13.0. The Hall–Kier alpha value is -2.74. The SMILES string of the molecule is CNC(=O)CCC(C=O)N1C(=O)c2ccc(N3CC4(CNC4)C3)cc2C1=O. The zero-order valence-electron chi connectivity index (χ0n) is 15.2. The number of carbonyl (C=O) groups is 4. The summed E-state index contributed by atoms with van der Waals surface area (Å²) in [5.74, 6) is -1.18. The highest BCUT2D eigenvalue weighted by molar-refractivity contribution is 6.22. The third-order valence-corrected chi connectivity index (χ3v) is 5.75. The smallest absolute Gasteiger partial charge is 0.262 e. The molecule has 3 aliphatic heterocycles. The number of nitrogens with zero attached hydrogens (tertiary/aromatic N) is 2. The molecule has 3 heterocycles. The molecule has 2 saturated heterocycles. The number of aldehydes is 1. The lowest BCUT2D eigenvalue weighted by molar-refractivity contribution is -0.121. The summed E-state index contributed by atoms with van der Waals surface area (Å²) in [7, 11) is 1.50. The summed E-state index contributed by atoms with van der Waals surface area (Å²) in [5.41, 5.74) is 1.92. The van der Waals surface area contributed by atoms with Gasteiger partial charge in [-0.2, -0.15) is 0 Å². The van der Waals surface area contributed by atoms with E-state index in [1.54, 1.807) is 12.1 Å². The van der Waals surface area contributed by atoms with Gasteiger partial charge in [0.15, 0.2) is 0 Å². The standard InChI is InChI=1S/C19H22N4O4/c1-20-16(25)5-3-13(7-24)23-17(26)14-4-2-12(6-15(14)18(23)27)22-10-19(11-22)8-21-9-19/h2,4,6-7,13,21H,3,5,8-11H2,1H3,(H,20,25). The predicted octanol–water partition coefficient (Wildman–Crippen LogP) is -0.214. The topological polar surface area (TPSA) is 98.8 Å². The molecule has 1 unspecified atom stereocenters. The Labute approximate surface area is 156 Å². The molecule has 3 amide bonds. The van der Waals surface area contributed by atoms with Gasteiger partial charge in [0.1, 0.15) is 6.29 Å². The molecule has 8 nitrogen and oxygen atoms in total. The van der Waals surface area contributed by atoms with E-state index >= 15 is 0 Å². The van der Waals surface area contributed by atoms with Crippen molar-refractivity contribution in [2.45, 2.75) is 18.9 Å². The molecule has 1 aromatic carbocycles. The van der Waals surface area contributed by atoms with E-state index < -0.39 is 17.9 Å². The van der Waals surface area contributed by atoms with E-state index in [0.29, 0.717) is 22.8 Å². The van der Waals surface area contributed by atoms with Crippen LogP contribution in [0.25, 0.3) is 0 Å². The van der Waals surface area contributed by atoms with Crippen LogP contribution in [0, 0.1) is 5.41 Å². The van der Waals surface area contributed by atoms with Crippen molar-refractivity contribution in [2.75, 3.05) is 38.1 Å². The number of hydrogen-bond donors (Lipinski definition) is 2. The van der Waals surface area contributed by atoms with Crippen LogP contribution in [-0.4, -0.2) is 68.2 Å². The third kappa shape index (κ3) is 2.80. The fraction of sp³-hybridized carbons (Fsp3) is 0.474. The molecule has 1 aromatic rings. The highest BCUT2D eigenvalue weighted by atomic mass is 16.2. The van der Waals surface area contributed by atoms with Crippen LogP contribution in [0.1, 0.15) is 33.6 Å². The zero-order valence-corrected chi connectivity index (χ0v) is 15.2. The molecular weight excluding hydrogens is 348 g/mol. The lowest BCUT2D eigenvalue weighted by atomic mass is 9.74. The molecule has 0 saturated carbocycles. The van der Waals surface area contributed by atoms with Crippen LogP contribution in [0.5, 0.6) is 0 Å². The second-order valence-electron chi connectivity index (χ2n) is 7.59. The van der Waals surface area contributed by atoms with Gasteiger partial charge in [-0.15, -0.1) is 0 Å². The number of nitrogens with one attached hydrogen (secondary N) is 2. The molecule has 3 aliphatic rings. The van der Waals surface area contributed by atoms with Crippen LogP contribution in [0.4, 0.5) is 5.69 Å². The summed E-state index contributed by atoms with van der Waals surface area (Å²) in [6, 6.07) is 4.32. The maximum absolute atomic E-state index is 12.8. The van der Waals surface area contributed by atoms with E-state index in [9.17, 15) is 19.2 Å². The number of hydrogen-bond acceptors (Lipinski definition) is 6. The van der Waals surface area contributed by atoms with Crippen LogP contribution < -0.4 is 15.5 Å². The fourth-order valence-corrected chi connectivity index (χ4v) is 4.06. The van der Waals surface area contributed by atoms with Gasteiger partial charge in [0.05, 0.1) is 17.2 Å². The summed E-state index contributed by atoms with van der Waals surface area (Å²) in [6.45, 7) is 3.92. The Morgan fingerprint density at radius 1 is 1.26 bits per heavy atom. The summed E-state index contributed by atoms with van der Waals surface area (Å²) in [5, 5.41) is 5.76. The second-order valence-corrected chi connectivity index (χ2v) is 7.59. The molecule has 2 N–H and O–H groups in total. The van der Waals surface area contributed by atoms with Crippen molar-refractivity contribution in [1.29, 1.82) is 0 Å². The Balaban J connectivity index is 1.51. The van der Waals surface area contributed by atoms with Gasteiger partial charge >= 0.3 is 0 Å². The number of imide groups is 1. The van der Waals surface area contributed by atoms with Crippen molar-refractivity contribution in [3.63, 3.8) is 0 Å². The van der Waals surface area contributed by atoms with Gasteiger partial charge in [0, 0.05) is 50.7 Å². The number of amides is 3. The first kappa shape index (κ1) is 17.7. The van der Waals surface area contributed by atoms with Gasteiger partial charge in [-0.25, -0.2) is 0 Å². The van der Waals surface area contributed by atoms with E-state index in [1.165, 1.54) is 7.05 Å².